The molecule has 0 spiro atoms. The number of alkyl halides is 2. The summed E-state index contributed by atoms with van der Waals surface area (Å²) in [5, 5.41) is 4.86. The number of rotatable bonds is 3. The van der Waals surface area contributed by atoms with Crippen LogP contribution in [0.3, 0.4) is 0 Å². The smallest absolute Gasteiger partial charge is 0.268 e. The monoisotopic (exact) mass is 364 g/mol. The fourth-order valence-electron chi connectivity index (χ4n) is 1.11. The van der Waals surface area contributed by atoms with Crippen LogP contribution in [-0.4, -0.2) is 20.5 Å². The van der Waals surface area contributed by atoms with E-state index in [4.69, 9.17) is 5.14 Å². The van der Waals surface area contributed by atoms with Crippen molar-refractivity contribution in [2.24, 2.45) is 5.14 Å². The van der Waals surface area contributed by atoms with Gasteiger partial charge in [-0.1, -0.05) is 0 Å². The molecule has 0 bridgehead atoms. The lowest BCUT2D eigenvalue weighted by Gasteiger charge is -2.12. The number of nitrogens with two attached hydrogens (primary N) is 1. The molecule has 9 heteroatoms. The van der Waals surface area contributed by atoms with Gasteiger partial charge in [0.1, 0.15) is 14.3 Å². The number of nitrogens with zero attached hydrogens (tertiary/aromatic N) is 1. The van der Waals surface area contributed by atoms with Crippen molar-refractivity contribution in [3.8, 4) is 5.75 Å². The fourth-order valence-corrected chi connectivity index (χ4v) is 3.24. The van der Waals surface area contributed by atoms with E-state index in [1.165, 1.54) is 22.6 Å². The van der Waals surface area contributed by atoms with Crippen molar-refractivity contribution in [3.05, 3.63) is 15.5 Å². The molecule has 0 saturated carbocycles. The van der Waals surface area contributed by atoms with Crippen molar-refractivity contribution in [1.29, 1.82) is 0 Å². The van der Waals surface area contributed by atoms with Crippen LogP contribution in [0.4, 0.5) is 8.78 Å². The van der Waals surface area contributed by atoms with Crippen molar-refractivity contribution < 1.29 is 21.9 Å². The summed E-state index contributed by atoms with van der Waals surface area (Å²) in [4.78, 5) is 2.94. The minimum Gasteiger partial charge on any atom is -0.495 e. The predicted octanol–water partition coefficient (Wildman–Crippen LogP) is 1.28. The van der Waals surface area contributed by atoms with Crippen LogP contribution >= 0.6 is 22.6 Å². The third-order valence-electron chi connectivity index (χ3n) is 1.72. The Bertz CT molecular complexity index is 507. The van der Waals surface area contributed by atoms with E-state index >= 15 is 0 Å². The van der Waals surface area contributed by atoms with Gasteiger partial charge in [-0.2, -0.15) is 0 Å². The average Bonchev–Trinajstić information content (AvgIpc) is 2.15. The highest BCUT2D eigenvalue weighted by Gasteiger charge is 2.28. The van der Waals surface area contributed by atoms with Crippen LogP contribution in [0.1, 0.15) is 12.0 Å². The van der Waals surface area contributed by atoms with E-state index in [1.807, 2.05) is 0 Å². The molecule has 0 aromatic carbocycles. The lowest BCUT2D eigenvalue weighted by molar-refractivity contribution is 0.143. The number of ether oxygens (including phenoxy) is 1. The van der Waals surface area contributed by atoms with Crippen molar-refractivity contribution >= 4 is 32.6 Å². The lowest BCUT2D eigenvalue weighted by atomic mass is 10.2. The highest BCUT2D eigenvalue weighted by Crippen LogP contribution is 2.35. The van der Waals surface area contributed by atoms with E-state index < -0.39 is 26.9 Å². The minimum atomic E-state index is -4.27. The molecule has 5 nitrogen and oxygen atoms in total. The zero-order chi connectivity index (χ0) is 12.5. The third kappa shape index (κ3) is 2.58. The van der Waals surface area contributed by atoms with Gasteiger partial charge < -0.3 is 4.74 Å². The number of aromatic nitrogens is 1. The summed E-state index contributed by atoms with van der Waals surface area (Å²) in [5.74, 6) is -0.306. The van der Waals surface area contributed by atoms with Crippen LogP contribution in [0.25, 0.3) is 0 Å². The molecule has 0 amide bonds. The second-order valence-electron chi connectivity index (χ2n) is 2.71. The third-order valence-corrected chi connectivity index (χ3v) is 3.88. The Morgan fingerprint density at radius 1 is 1.56 bits per heavy atom. The van der Waals surface area contributed by atoms with Gasteiger partial charge in [0.05, 0.1) is 18.9 Å². The first-order chi connectivity index (χ1) is 7.29. The van der Waals surface area contributed by atoms with Gasteiger partial charge in [-0.3, -0.25) is 0 Å². The molecule has 90 valence electrons. The van der Waals surface area contributed by atoms with Crippen LogP contribution in [0.5, 0.6) is 5.75 Å². The predicted molar refractivity (Wildman–Crippen MR) is 59.8 cm³/mol. The van der Waals surface area contributed by atoms with Crippen molar-refractivity contribution in [3.63, 3.8) is 0 Å². The van der Waals surface area contributed by atoms with E-state index in [1.54, 1.807) is 0 Å². The molecular formula is C7H7F2IN2O3S. The number of hydrogen-bond donors (Lipinski definition) is 1. The molecule has 0 aliphatic heterocycles. The topological polar surface area (TPSA) is 82.3 Å². The summed E-state index contributed by atoms with van der Waals surface area (Å²) in [7, 11) is -3.13. The largest absolute Gasteiger partial charge is 0.495 e. The second kappa shape index (κ2) is 4.75. The number of halogens is 3. The zero-order valence-corrected chi connectivity index (χ0v) is 10.9. The Morgan fingerprint density at radius 2 is 2.12 bits per heavy atom. The van der Waals surface area contributed by atoms with Crippen molar-refractivity contribution in [2.45, 2.75) is 11.3 Å². The normalized spacial score (nSPS) is 11.9. The molecule has 0 aliphatic rings. The van der Waals surface area contributed by atoms with E-state index in [2.05, 4.69) is 9.72 Å². The maximum atomic E-state index is 12.8. The molecule has 1 aromatic rings. The maximum Gasteiger partial charge on any atom is 0.268 e. The van der Waals surface area contributed by atoms with Crippen LogP contribution < -0.4 is 9.88 Å². The standard InChI is InChI=1S/C7H7F2IN2O3S/c1-15-3-2-12-7(10)5(16(11,13)14)4(3)6(8)9/h2,6H,1H3,(H2,11,13,14). The summed E-state index contributed by atoms with van der Waals surface area (Å²) >= 11 is 1.52. The lowest BCUT2D eigenvalue weighted by Crippen LogP contribution is -2.18. The van der Waals surface area contributed by atoms with Crippen LogP contribution in [0.15, 0.2) is 11.1 Å². The van der Waals surface area contributed by atoms with E-state index in [0.29, 0.717) is 0 Å². The highest BCUT2D eigenvalue weighted by atomic mass is 127. The second-order valence-corrected chi connectivity index (χ2v) is 5.23. The molecule has 0 aliphatic carbocycles. The first kappa shape index (κ1) is 13.5. The summed E-state index contributed by atoms with van der Waals surface area (Å²) in [5.41, 5.74) is -0.760. The minimum absolute atomic E-state index is 0.115. The molecule has 1 rings (SSSR count). The quantitative estimate of drug-likeness (QED) is 0.647. The molecule has 0 atom stereocenters. The maximum absolute atomic E-state index is 12.8. The van der Waals surface area contributed by atoms with Crippen molar-refractivity contribution in [1.82, 2.24) is 4.98 Å². The zero-order valence-electron chi connectivity index (χ0n) is 7.95. The Balaban J connectivity index is 3.69. The molecule has 0 fully saturated rings. The Labute approximate surface area is 104 Å². The van der Waals surface area contributed by atoms with E-state index in [0.717, 1.165) is 13.3 Å². The van der Waals surface area contributed by atoms with Crippen LogP contribution in [0, 0.1) is 3.70 Å². The van der Waals surface area contributed by atoms with Crippen molar-refractivity contribution in [2.75, 3.05) is 7.11 Å². The van der Waals surface area contributed by atoms with Gasteiger partial charge in [0, 0.05) is 0 Å². The first-order valence-electron chi connectivity index (χ1n) is 3.82. The number of sulfonamides is 1. The van der Waals surface area contributed by atoms with Crippen LogP contribution in [0.2, 0.25) is 0 Å². The summed E-state index contributed by atoms with van der Waals surface area (Å²) < 4.78 is 52.4. The van der Waals surface area contributed by atoms with Gasteiger partial charge in [-0.25, -0.2) is 27.3 Å². The first-order valence-corrected chi connectivity index (χ1v) is 6.45. The number of pyridine rings is 1. The molecule has 1 heterocycles. The number of primary sulfonamides is 1. The molecule has 0 radical (unpaired) electrons. The van der Waals surface area contributed by atoms with E-state index in [-0.39, 0.29) is 9.45 Å². The van der Waals surface area contributed by atoms with Gasteiger partial charge in [0.25, 0.3) is 6.43 Å². The molecule has 0 saturated heterocycles. The Kier molecular flexibility index (Phi) is 4.02. The van der Waals surface area contributed by atoms with E-state index in [9.17, 15) is 17.2 Å². The molecular weight excluding hydrogens is 357 g/mol. The Morgan fingerprint density at radius 3 is 2.50 bits per heavy atom. The summed E-state index contributed by atoms with van der Waals surface area (Å²) in [6.07, 6.45) is -1.99. The fraction of sp³-hybridized carbons (Fsp3) is 0.286. The highest BCUT2D eigenvalue weighted by molar-refractivity contribution is 14.1. The summed E-state index contributed by atoms with van der Waals surface area (Å²) in [6, 6.07) is 0. The van der Waals surface area contributed by atoms with Gasteiger partial charge in [0.15, 0.2) is 0 Å². The van der Waals surface area contributed by atoms with Gasteiger partial charge in [0.2, 0.25) is 10.0 Å². The summed E-state index contributed by atoms with van der Waals surface area (Å²) in [6.45, 7) is 0. The van der Waals surface area contributed by atoms with Gasteiger partial charge in [-0.05, 0) is 22.6 Å². The molecule has 0 unspecified atom stereocenters. The average molecular weight is 364 g/mol. The Hall–Kier alpha value is -0.550. The molecule has 1 aromatic heterocycles. The molecule has 16 heavy (non-hydrogen) atoms. The van der Waals surface area contributed by atoms with Crippen LogP contribution in [-0.2, 0) is 10.0 Å². The SMILES string of the molecule is COc1cnc(I)c(S(N)(=O)=O)c1C(F)F. The van der Waals surface area contributed by atoms with Gasteiger partial charge in [-0.15, -0.1) is 0 Å². The number of methoxy groups -OCH3 is 1. The molecule has 2 N–H and O–H groups in total. The number of hydrogen-bond acceptors (Lipinski definition) is 4. The van der Waals surface area contributed by atoms with Gasteiger partial charge >= 0.3 is 0 Å².